The van der Waals surface area contributed by atoms with Crippen LogP contribution in [0.5, 0.6) is 0 Å². The molecule has 4 nitrogen and oxygen atoms in total. The average molecular weight is 146 g/mol. The van der Waals surface area contributed by atoms with E-state index in [2.05, 4.69) is 20.2 Å². The third kappa shape index (κ3) is 1.10. The Kier molecular flexibility index (Phi) is 1.37. The molecule has 0 atom stereocenters. The third-order valence-electron chi connectivity index (χ3n) is 1.39. The van der Waals surface area contributed by atoms with Crippen molar-refractivity contribution in [3.8, 4) is 11.1 Å². The Labute approximate surface area is 63.3 Å². The largest absolute Gasteiger partial charge is 0.285 e. The van der Waals surface area contributed by atoms with Crippen LogP contribution >= 0.6 is 0 Å². The second-order valence-corrected chi connectivity index (χ2v) is 2.11. The highest BCUT2D eigenvalue weighted by Crippen LogP contribution is 2.13. The van der Waals surface area contributed by atoms with Gasteiger partial charge in [0.1, 0.15) is 6.33 Å². The molecule has 0 spiro atoms. The smallest absolute Gasteiger partial charge is 0.115 e. The van der Waals surface area contributed by atoms with Crippen molar-refractivity contribution in [3.63, 3.8) is 0 Å². The Bertz CT molecular complexity index is 313. The van der Waals surface area contributed by atoms with Gasteiger partial charge in [-0.15, -0.1) is 0 Å². The highest BCUT2D eigenvalue weighted by Gasteiger charge is 1.96. The van der Waals surface area contributed by atoms with Crippen molar-refractivity contribution in [2.75, 3.05) is 0 Å². The van der Waals surface area contributed by atoms with Gasteiger partial charge in [-0.2, -0.15) is 5.10 Å². The molecule has 0 fully saturated rings. The minimum absolute atomic E-state index is 0.973. The van der Waals surface area contributed by atoms with Crippen molar-refractivity contribution in [2.45, 2.75) is 0 Å². The molecule has 11 heavy (non-hydrogen) atoms. The maximum absolute atomic E-state index is 3.89. The summed E-state index contributed by atoms with van der Waals surface area (Å²) < 4.78 is 0. The topological polar surface area (TPSA) is 54.5 Å². The van der Waals surface area contributed by atoms with Crippen LogP contribution in [0, 0.1) is 0 Å². The van der Waals surface area contributed by atoms with Crippen molar-refractivity contribution in [1.82, 2.24) is 20.2 Å². The van der Waals surface area contributed by atoms with Crippen molar-refractivity contribution in [1.29, 1.82) is 0 Å². The van der Waals surface area contributed by atoms with Crippen LogP contribution in [-0.2, 0) is 0 Å². The van der Waals surface area contributed by atoms with E-state index in [4.69, 9.17) is 0 Å². The van der Waals surface area contributed by atoms with E-state index in [-0.39, 0.29) is 0 Å². The fourth-order valence-electron chi connectivity index (χ4n) is 0.857. The van der Waals surface area contributed by atoms with Crippen LogP contribution in [0.4, 0.5) is 0 Å². The van der Waals surface area contributed by atoms with Gasteiger partial charge in [0, 0.05) is 29.7 Å². The van der Waals surface area contributed by atoms with Crippen molar-refractivity contribution < 1.29 is 0 Å². The van der Waals surface area contributed by atoms with Gasteiger partial charge in [-0.1, -0.05) is 0 Å². The standard InChI is InChI=1S/C7H6N4/c1-6(2-9-5-8-1)7-3-10-11-4-7/h1-5H,(H,10,11). The van der Waals surface area contributed by atoms with E-state index in [1.165, 1.54) is 6.33 Å². The fourth-order valence-corrected chi connectivity index (χ4v) is 0.857. The molecule has 0 bridgehead atoms. The van der Waals surface area contributed by atoms with Gasteiger partial charge in [0.25, 0.3) is 0 Å². The molecule has 0 amide bonds. The molecular weight excluding hydrogens is 140 g/mol. The van der Waals surface area contributed by atoms with Crippen LogP contribution in [0.15, 0.2) is 31.1 Å². The molecular formula is C7H6N4. The highest BCUT2D eigenvalue weighted by atomic mass is 15.1. The average Bonchev–Trinajstić information content (AvgIpc) is 2.58. The molecule has 1 N–H and O–H groups in total. The summed E-state index contributed by atoms with van der Waals surface area (Å²) >= 11 is 0. The van der Waals surface area contributed by atoms with E-state index >= 15 is 0 Å². The van der Waals surface area contributed by atoms with Crippen LogP contribution in [0.25, 0.3) is 11.1 Å². The molecule has 0 radical (unpaired) electrons. The summed E-state index contributed by atoms with van der Waals surface area (Å²) in [6, 6.07) is 0. The zero-order chi connectivity index (χ0) is 7.52. The lowest BCUT2D eigenvalue weighted by Crippen LogP contribution is -1.78. The number of rotatable bonds is 1. The number of aromatic amines is 1. The lowest BCUT2D eigenvalue weighted by molar-refractivity contribution is 1.09. The first-order chi connectivity index (χ1) is 5.47. The van der Waals surface area contributed by atoms with Gasteiger partial charge in [0.15, 0.2) is 0 Å². The van der Waals surface area contributed by atoms with Crippen LogP contribution in [0.1, 0.15) is 0 Å². The van der Waals surface area contributed by atoms with E-state index in [9.17, 15) is 0 Å². The summed E-state index contributed by atoms with van der Waals surface area (Å²) in [5.74, 6) is 0. The van der Waals surface area contributed by atoms with Crippen molar-refractivity contribution >= 4 is 0 Å². The maximum Gasteiger partial charge on any atom is 0.115 e. The number of aromatic nitrogens is 4. The number of hydrogen-bond donors (Lipinski definition) is 1. The van der Waals surface area contributed by atoms with Gasteiger partial charge in [-0.3, -0.25) is 5.10 Å². The molecule has 0 aromatic carbocycles. The summed E-state index contributed by atoms with van der Waals surface area (Å²) in [7, 11) is 0. The Morgan fingerprint density at radius 3 is 2.45 bits per heavy atom. The quantitative estimate of drug-likeness (QED) is 0.649. The second-order valence-electron chi connectivity index (χ2n) is 2.11. The number of nitrogens with one attached hydrogen (secondary N) is 1. The van der Waals surface area contributed by atoms with Gasteiger partial charge < -0.3 is 0 Å². The highest BCUT2D eigenvalue weighted by molar-refractivity contribution is 5.58. The SMILES string of the molecule is c1ncc(-c2cn[nH]c2)cn1. The number of hydrogen-bond acceptors (Lipinski definition) is 3. The summed E-state index contributed by atoms with van der Waals surface area (Å²) in [5, 5.41) is 6.54. The van der Waals surface area contributed by atoms with Crippen LogP contribution < -0.4 is 0 Å². The van der Waals surface area contributed by atoms with Crippen LogP contribution in [-0.4, -0.2) is 20.2 Å². The van der Waals surface area contributed by atoms with Gasteiger partial charge >= 0.3 is 0 Å². The predicted molar refractivity (Wildman–Crippen MR) is 39.6 cm³/mol. The zero-order valence-electron chi connectivity index (χ0n) is 5.73. The van der Waals surface area contributed by atoms with Crippen LogP contribution in [0.2, 0.25) is 0 Å². The Morgan fingerprint density at radius 1 is 1.00 bits per heavy atom. The normalized spacial score (nSPS) is 9.82. The van der Waals surface area contributed by atoms with E-state index in [0.29, 0.717) is 0 Å². The minimum Gasteiger partial charge on any atom is -0.285 e. The Hall–Kier alpha value is -1.71. The fraction of sp³-hybridized carbons (Fsp3) is 0. The molecule has 0 aliphatic heterocycles. The molecule has 0 saturated carbocycles. The van der Waals surface area contributed by atoms with Gasteiger partial charge in [0.05, 0.1) is 6.20 Å². The minimum atomic E-state index is 0.973. The Morgan fingerprint density at radius 2 is 1.82 bits per heavy atom. The summed E-state index contributed by atoms with van der Waals surface area (Å²) in [4.78, 5) is 7.78. The number of H-pyrrole nitrogens is 1. The van der Waals surface area contributed by atoms with Crippen molar-refractivity contribution in [2.24, 2.45) is 0 Å². The molecule has 2 heterocycles. The second kappa shape index (κ2) is 2.49. The maximum atomic E-state index is 3.89. The molecule has 54 valence electrons. The van der Waals surface area contributed by atoms with E-state index in [1.54, 1.807) is 24.8 Å². The first kappa shape index (κ1) is 6.03. The van der Waals surface area contributed by atoms with E-state index in [0.717, 1.165) is 11.1 Å². The van der Waals surface area contributed by atoms with E-state index in [1.807, 2.05) is 0 Å². The zero-order valence-corrected chi connectivity index (χ0v) is 5.73. The van der Waals surface area contributed by atoms with E-state index < -0.39 is 0 Å². The third-order valence-corrected chi connectivity index (χ3v) is 1.39. The summed E-state index contributed by atoms with van der Waals surface area (Å²) in [6.07, 6.45) is 8.54. The lowest BCUT2D eigenvalue weighted by Gasteiger charge is -1.90. The van der Waals surface area contributed by atoms with Gasteiger partial charge in [0.2, 0.25) is 0 Å². The first-order valence-electron chi connectivity index (χ1n) is 3.21. The monoisotopic (exact) mass is 146 g/mol. The van der Waals surface area contributed by atoms with Gasteiger partial charge in [-0.05, 0) is 0 Å². The molecule has 2 rings (SSSR count). The summed E-state index contributed by atoms with van der Waals surface area (Å²) in [6.45, 7) is 0. The predicted octanol–water partition coefficient (Wildman–Crippen LogP) is 0.867. The molecule has 0 unspecified atom stereocenters. The molecule has 2 aromatic heterocycles. The molecule has 4 heteroatoms. The van der Waals surface area contributed by atoms with Gasteiger partial charge in [-0.25, -0.2) is 9.97 Å². The van der Waals surface area contributed by atoms with Crippen LogP contribution in [0.3, 0.4) is 0 Å². The first-order valence-corrected chi connectivity index (χ1v) is 3.21. The van der Waals surface area contributed by atoms with Crippen molar-refractivity contribution in [3.05, 3.63) is 31.1 Å². The lowest BCUT2D eigenvalue weighted by atomic mass is 10.2. The molecule has 0 aliphatic carbocycles. The molecule has 0 aliphatic rings. The Balaban J connectivity index is 2.46. The molecule has 2 aromatic rings. The molecule has 0 saturated heterocycles. The summed E-state index contributed by atoms with van der Waals surface area (Å²) in [5.41, 5.74) is 1.98. The number of nitrogens with zero attached hydrogens (tertiary/aromatic N) is 3.